The molecule has 1 aromatic carbocycles. The molecule has 1 saturated carbocycles. The number of alkyl halides is 6. The zero-order valence-corrected chi connectivity index (χ0v) is 23.7. The van der Waals surface area contributed by atoms with Gasteiger partial charge in [-0.3, -0.25) is 9.69 Å². The minimum Gasteiger partial charge on any atom is -0.473 e. The first-order chi connectivity index (χ1) is 19.8. The van der Waals surface area contributed by atoms with E-state index < -0.39 is 61.8 Å². The Morgan fingerprint density at radius 1 is 1.07 bits per heavy atom. The maximum absolute atomic E-state index is 15.1. The van der Waals surface area contributed by atoms with Gasteiger partial charge in [0.1, 0.15) is 16.9 Å². The smallest absolute Gasteiger partial charge is 0.473 e. The highest BCUT2D eigenvalue weighted by molar-refractivity contribution is 7.88. The summed E-state index contributed by atoms with van der Waals surface area (Å²) >= 11 is 5.91. The van der Waals surface area contributed by atoms with Crippen LogP contribution in [0.2, 0.25) is 5.02 Å². The molecule has 1 amide bonds. The minimum absolute atomic E-state index is 0.111. The summed E-state index contributed by atoms with van der Waals surface area (Å²) < 4.78 is 120. The Balaban J connectivity index is 1.46. The van der Waals surface area contributed by atoms with E-state index in [9.17, 15) is 44.3 Å². The SMILES string of the molecule is CS(=O)(=O)N(OC(=O)C(F)(F)F)C(=O)c1cc(C2CC2)c(CN2CCC(Oc3ncc(C(F)(F)F)cc3Cl)CC2)cc1F. The highest BCUT2D eigenvalue weighted by atomic mass is 35.5. The van der Waals surface area contributed by atoms with Gasteiger partial charge in [-0.05, 0) is 60.9 Å². The number of hydroxylamine groups is 1. The molecule has 0 bridgehead atoms. The number of benzene rings is 1. The van der Waals surface area contributed by atoms with Crippen LogP contribution in [-0.4, -0.2) is 66.3 Å². The summed E-state index contributed by atoms with van der Waals surface area (Å²) in [6.45, 7) is 1.04. The van der Waals surface area contributed by atoms with E-state index in [1.807, 2.05) is 4.90 Å². The van der Waals surface area contributed by atoms with Crippen LogP contribution >= 0.6 is 11.6 Å². The second kappa shape index (κ2) is 12.1. The standard InChI is InChI=1S/C25H23ClF7N3O6S/c1-43(39,40)36(42-23(38)25(31,32)33)22(37)18-10-17(13-2-3-13)14(8-20(18)27)12-35-6-4-16(5-7-35)41-21-19(26)9-15(11-34-21)24(28,29)30/h8-11,13,16H,2-7,12H2,1H3. The normalized spacial score (nSPS) is 17.0. The predicted octanol–water partition coefficient (Wildman–Crippen LogP) is 5.24. The Morgan fingerprint density at radius 3 is 2.21 bits per heavy atom. The third-order valence-corrected chi connectivity index (χ3v) is 7.80. The average Bonchev–Trinajstić information content (AvgIpc) is 3.73. The molecule has 0 radical (unpaired) electrons. The lowest BCUT2D eigenvalue weighted by molar-refractivity contribution is -0.216. The second-order valence-electron chi connectivity index (χ2n) is 10.1. The number of pyridine rings is 1. The number of piperidine rings is 1. The van der Waals surface area contributed by atoms with Crippen LogP contribution in [0.4, 0.5) is 30.7 Å². The van der Waals surface area contributed by atoms with Crippen molar-refractivity contribution < 1.29 is 58.3 Å². The van der Waals surface area contributed by atoms with Crippen LogP contribution < -0.4 is 4.74 Å². The second-order valence-corrected chi connectivity index (χ2v) is 12.3. The number of nitrogens with zero attached hydrogens (tertiary/aromatic N) is 3. The lowest BCUT2D eigenvalue weighted by Crippen LogP contribution is -2.42. The number of halogens is 8. The van der Waals surface area contributed by atoms with E-state index >= 15 is 4.39 Å². The van der Waals surface area contributed by atoms with E-state index in [2.05, 4.69) is 9.82 Å². The number of likely N-dealkylation sites (tertiary alicyclic amines) is 1. The zero-order chi connectivity index (χ0) is 31.9. The lowest BCUT2D eigenvalue weighted by Gasteiger charge is -2.32. The molecular weight excluding hydrogens is 639 g/mol. The van der Waals surface area contributed by atoms with Gasteiger partial charge in [0.15, 0.2) is 0 Å². The summed E-state index contributed by atoms with van der Waals surface area (Å²) in [4.78, 5) is 33.4. The van der Waals surface area contributed by atoms with Crippen LogP contribution in [0.1, 0.15) is 58.6 Å². The van der Waals surface area contributed by atoms with E-state index in [4.69, 9.17) is 16.3 Å². The van der Waals surface area contributed by atoms with Gasteiger partial charge < -0.3 is 9.57 Å². The Labute approximate surface area is 245 Å². The number of ether oxygens (including phenoxy) is 1. The van der Waals surface area contributed by atoms with E-state index in [0.29, 0.717) is 62.4 Å². The summed E-state index contributed by atoms with van der Waals surface area (Å²) in [6.07, 6.45) is -7.54. The summed E-state index contributed by atoms with van der Waals surface area (Å²) in [5, 5.41) is -0.293. The Morgan fingerprint density at radius 2 is 1.70 bits per heavy atom. The fourth-order valence-electron chi connectivity index (χ4n) is 4.44. The first kappa shape index (κ1) is 32.7. The summed E-state index contributed by atoms with van der Waals surface area (Å²) in [6, 6.07) is 2.76. The first-order valence-electron chi connectivity index (χ1n) is 12.6. The van der Waals surface area contributed by atoms with Gasteiger partial charge in [-0.15, -0.1) is 0 Å². The minimum atomic E-state index is -5.62. The van der Waals surface area contributed by atoms with Crippen molar-refractivity contribution in [1.29, 1.82) is 0 Å². The Kier molecular flexibility index (Phi) is 9.19. The molecule has 0 spiro atoms. The van der Waals surface area contributed by atoms with Gasteiger partial charge in [-0.2, -0.15) is 26.3 Å². The molecule has 2 fully saturated rings. The topological polar surface area (TPSA) is 106 Å². The zero-order valence-electron chi connectivity index (χ0n) is 22.1. The predicted molar refractivity (Wildman–Crippen MR) is 135 cm³/mol. The molecule has 236 valence electrons. The van der Waals surface area contributed by atoms with Crippen LogP contribution in [-0.2, 0) is 32.4 Å². The third-order valence-electron chi connectivity index (χ3n) is 6.68. The number of hydrogen-bond acceptors (Lipinski definition) is 8. The van der Waals surface area contributed by atoms with Gasteiger partial charge in [0.2, 0.25) is 5.88 Å². The maximum atomic E-state index is 15.1. The van der Waals surface area contributed by atoms with Gasteiger partial charge in [-0.1, -0.05) is 16.1 Å². The molecule has 9 nitrogen and oxygen atoms in total. The van der Waals surface area contributed by atoms with E-state index in [1.54, 1.807) is 0 Å². The molecule has 2 aromatic rings. The van der Waals surface area contributed by atoms with Crippen LogP contribution in [0, 0.1) is 5.82 Å². The van der Waals surface area contributed by atoms with Crippen molar-refractivity contribution in [3.63, 3.8) is 0 Å². The summed E-state index contributed by atoms with van der Waals surface area (Å²) in [5.74, 6) is -6.27. The summed E-state index contributed by atoms with van der Waals surface area (Å²) in [5.41, 5.74) is -0.961. The quantitative estimate of drug-likeness (QED) is 0.293. The third kappa shape index (κ3) is 8.06. The molecule has 18 heteroatoms. The van der Waals surface area contributed by atoms with Gasteiger partial charge in [0.05, 0.1) is 17.4 Å². The monoisotopic (exact) mass is 661 g/mol. The number of carbonyl (C=O) groups excluding carboxylic acids is 2. The highest BCUT2D eigenvalue weighted by Crippen LogP contribution is 2.43. The van der Waals surface area contributed by atoms with Crippen molar-refractivity contribution in [3.8, 4) is 5.88 Å². The molecule has 1 aliphatic carbocycles. The van der Waals surface area contributed by atoms with Crippen LogP contribution in [0.5, 0.6) is 5.88 Å². The molecule has 1 saturated heterocycles. The van der Waals surface area contributed by atoms with Crippen molar-refractivity contribution in [2.75, 3.05) is 19.3 Å². The van der Waals surface area contributed by atoms with Crippen molar-refractivity contribution in [3.05, 3.63) is 57.5 Å². The Bertz CT molecular complexity index is 1510. The number of carbonyl (C=O) groups is 2. The van der Waals surface area contributed by atoms with Gasteiger partial charge >= 0.3 is 24.2 Å². The lowest BCUT2D eigenvalue weighted by atomic mass is 9.97. The number of aromatic nitrogens is 1. The van der Waals surface area contributed by atoms with Gasteiger partial charge in [-0.25, -0.2) is 22.6 Å². The number of sulfonamides is 1. The van der Waals surface area contributed by atoms with Crippen molar-refractivity contribution >= 4 is 33.5 Å². The fourth-order valence-corrected chi connectivity index (χ4v) is 5.26. The van der Waals surface area contributed by atoms with E-state index in [-0.39, 0.29) is 23.4 Å². The van der Waals surface area contributed by atoms with Crippen LogP contribution in [0.15, 0.2) is 24.4 Å². The molecule has 2 heterocycles. The van der Waals surface area contributed by atoms with Crippen LogP contribution in [0.3, 0.4) is 0 Å². The molecule has 43 heavy (non-hydrogen) atoms. The van der Waals surface area contributed by atoms with Crippen molar-refractivity contribution in [2.45, 2.75) is 56.6 Å². The summed E-state index contributed by atoms with van der Waals surface area (Å²) in [7, 11) is -4.88. The molecule has 1 aliphatic heterocycles. The first-order valence-corrected chi connectivity index (χ1v) is 14.8. The highest BCUT2D eigenvalue weighted by Gasteiger charge is 2.46. The number of hydrogen-bond donors (Lipinski definition) is 0. The fraction of sp³-hybridized carbons (Fsp3) is 0.480. The van der Waals surface area contributed by atoms with Gasteiger partial charge in [0, 0.05) is 25.8 Å². The van der Waals surface area contributed by atoms with E-state index in [0.717, 1.165) is 18.2 Å². The van der Waals surface area contributed by atoms with Crippen molar-refractivity contribution in [2.24, 2.45) is 0 Å². The molecule has 2 aliphatic rings. The average molecular weight is 662 g/mol. The molecule has 0 unspecified atom stereocenters. The molecule has 4 rings (SSSR count). The maximum Gasteiger partial charge on any atom is 0.493 e. The van der Waals surface area contributed by atoms with Gasteiger partial charge in [0.25, 0.3) is 10.0 Å². The molecule has 0 N–H and O–H groups in total. The molecule has 0 atom stereocenters. The molecular formula is C25H23ClF7N3O6S. The van der Waals surface area contributed by atoms with E-state index in [1.165, 1.54) is 0 Å². The van der Waals surface area contributed by atoms with Crippen molar-refractivity contribution in [1.82, 2.24) is 14.4 Å². The molecule has 1 aromatic heterocycles. The van der Waals surface area contributed by atoms with Crippen LogP contribution in [0.25, 0.3) is 0 Å². The number of amides is 1. The number of rotatable bonds is 7. The largest absolute Gasteiger partial charge is 0.493 e. The Hall–Kier alpha value is -3.18.